The zero-order valence-corrected chi connectivity index (χ0v) is 13.8. The van der Waals surface area contributed by atoms with Gasteiger partial charge in [0, 0.05) is 14.5 Å². The van der Waals surface area contributed by atoms with Gasteiger partial charge in [0.25, 0.3) is 5.91 Å². The average Bonchev–Trinajstić information content (AvgIpc) is 2.36. The van der Waals surface area contributed by atoms with Gasteiger partial charge in [-0.3, -0.25) is 4.79 Å². The summed E-state index contributed by atoms with van der Waals surface area (Å²) in [4.78, 5) is 12.3. The minimum Gasteiger partial charge on any atom is -0.321 e. The Hall–Kier alpha value is -1.13. The molecule has 0 saturated carbocycles. The lowest BCUT2D eigenvalue weighted by Gasteiger charge is -2.11. The molecule has 19 heavy (non-hydrogen) atoms. The van der Waals surface area contributed by atoms with Gasteiger partial charge in [0.15, 0.2) is 0 Å². The van der Waals surface area contributed by atoms with E-state index in [0.717, 1.165) is 25.8 Å². The molecule has 1 N–H and O–H groups in total. The van der Waals surface area contributed by atoms with E-state index in [4.69, 9.17) is 0 Å². The summed E-state index contributed by atoms with van der Waals surface area (Å²) in [6, 6.07) is 11.4. The topological polar surface area (TPSA) is 29.1 Å². The van der Waals surface area contributed by atoms with Crippen LogP contribution in [0.5, 0.6) is 0 Å². The molecule has 98 valence electrons. The summed E-state index contributed by atoms with van der Waals surface area (Å²) in [6.07, 6.45) is 0. The number of anilines is 1. The third kappa shape index (κ3) is 3.25. The van der Waals surface area contributed by atoms with Crippen molar-refractivity contribution >= 4 is 43.5 Å². The molecule has 0 fully saturated rings. The number of nitrogens with one attached hydrogen (secondary N) is 1. The van der Waals surface area contributed by atoms with Gasteiger partial charge in [-0.05, 0) is 65.2 Å². The van der Waals surface area contributed by atoms with E-state index < -0.39 is 0 Å². The minimum absolute atomic E-state index is 0.0933. The molecule has 0 aromatic heterocycles. The van der Waals surface area contributed by atoms with Crippen molar-refractivity contribution in [1.82, 2.24) is 0 Å². The molecule has 4 heteroatoms. The van der Waals surface area contributed by atoms with Gasteiger partial charge in [-0.25, -0.2) is 0 Å². The number of benzene rings is 2. The number of carbonyl (C=O) groups is 1. The van der Waals surface area contributed by atoms with Crippen LogP contribution < -0.4 is 5.32 Å². The maximum atomic E-state index is 12.3. The lowest BCUT2D eigenvalue weighted by Crippen LogP contribution is -2.14. The molecule has 2 aromatic carbocycles. The van der Waals surface area contributed by atoms with Gasteiger partial charge >= 0.3 is 0 Å². The fraction of sp³-hybridized carbons (Fsp3) is 0.133. The molecule has 2 rings (SSSR count). The molecule has 0 saturated heterocycles. The Morgan fingerprint density at radius 1 is 1.11 bits per heavy atom. The summed E-state index contributed by atoms with van der Waals surface area (Å²) in [7, 11) is 0. The van der Waals surface area contributed by atoms with Gasteiger partial charge in [0.1, 0.15) is 0 Å². The fourth-order valence-electron chi connectivity index (χ4n) is 1.78. The van der Waals surface area contributed by atoms with Gasteiger partial charge < -0.3 is 5.32 Å². The van der Waals surface area contributed by atoms with Crippen LogP contribution in [0.15, 0.2) is 45.3 Å². The summed E-state index contributed by atoms with van der Waals surface area (Å²) in [5, 5.41) is 2.92. The van der Waals surface area contributed by atoms with Crippen molar-refractivity contribution in [3.8, 4) is 0 Å². The zero-order chi connectivity index (χ0) is 14.0. The quantitative estimate of drug-likeness (QED) is 0.770. The number of amides is 1. The SMILES string of the molecule is Cc1cccc(C(=O)Nc2ccc(Br)cc2Br)c1C. The standard InChI is InChI=1S/C15H13Br2NO/c1-9-4-3-5-12(10(9)2)15(19)18-14-7-6-11(16)8-13(14)17/h3-8H,1-2H3,(H,18,19). The first-order valence-corrected chi connectivity index (χ1v) is 7.40. The number of carbonyl (C=O) groups excluding carboxylic acids is 1. The number of halogens is 2. The predicted octanol–water partition coefficient (Wildman–Crippen LogP) is 5.08. The van der Waals surface area contributed by atoms with Gasteiger partial charge in [-0.15, -0.1) is 0 Å². The third-order valence-corrected chi connectivity index (χ3v) is 4.18. The molecule has 2 aromatic rings. The molecule has 0 heterocycles. The first-order valence-electron chi connectivity index (χ1n) is 5.81. The van der Waals surface area contributed by atoms with Crippen molar-refractivity contribution in [1.29, 1.82) is 0 Å². The Bertz CT molecular complexity index is 638. The van der Waals surface area contributed by atoms with Crippen molar-refractivity contribution in [2.24, 2.45) is 0 Å². The van der Waals surface area contributed by atoms with Gasteiger partial charge in [-0.2, -0.15) is 0 Å². The van der Waals surface area contributed by atoms with Crippen LogP contribution in [0.25, 0.3) is 0 Å². The van der Waals surface area contributed by atoms with Crippen molar-refractivity contribution in [2.75, 3.05) is 5.32 Å². The minimum atomic E-state index is -0.0933. The summed E-state index contributed by atoms with van der Waals surface area (Å²) < 4.78 is 1.81. The second-order valence-electron chi connectivity index (χ2n) is 4.33. The average molecular weight is 383 g/mol. The summed E-state index contributed by atoms with van der Waals surface area (Å²) in [5.74, 6) is -0.0933. The van der Waals surface area contributed by atoms with Crippen LogP contribution in [-0.2, 0) is 0 Å². The summed E-state index contributed by atoms with van der Waals surface area (Å²) >= 11 is 6.82. The van der Waals surface area contributed by atoms with Crippen LogP contribution in [-0.4, -0.2) is 5.91 Å². The second kappa shape index (κ2) is 5.88. The Morgan fingerprint density at radius 2 is 1.84 bits per heavy atom. The molecule has 1 amide bonds. The molecule has 2 nitrogen and oxygen atoms in total. The largest absolute Gasteiger partial charge is 0.321 e. The van der Waals surface area contributed by atoms with E-state index in [2.05, 4.69) is 37.2 Å². The number of hydrogen-bond acceptors (Lipinski definition) is 1. The van der Waals surface area contributed by atoms with Crippen LogP contribution in [0.3, 0.4) is 0 Å². The van der Waals surface area contributed by atoms with Gasteiger partial charge in [0.05, 0.1) is 5.69 Å². The maximum Gasteiger partial charge on any atom is 0.255 e. The van der Waals surface area contributed by atoms with E-state index in [9.17, 15) is 4.79 Å². The third-order valence-electron chi connectivity index (χ3n) is 3.03. The lowest BCUT2D eigenvalue weighted by molar-refractivity contribution is 0.102. The lowest BCUT2D eigenvalue weighted by atomic mass is 10.0. The smallest absolute Gasteiger partial charge is 0.255 e. The van der Waals surface area contributed by atoms with Crippen LogP contribution in [0, 0.1) is 13.8 Å². The first-order chi connectivity index (χ1) is 8.99. The monoisotopic (exact) mass is 381 g/mol. The molecule has 0 unspecified atom stereocenters. The molecule has 0 radical (unpaired) electrons. The van der Waals surface area contributed by atoms with E-state index in [-0.39, 0.29) is 5.91 Å². The van der Waals surface area contributed by atoms with Crippen LogP contribution in [0.2, 0.25) is 0 Å². The number of hydrogen-bond donors (Lipinski definition) is 1. The second-order valence-corrected chi connectivity index (χ2v) is 6.10. The highest BCUT2D eigenvalue weighted by atomic mass is 79.9. The Labute approximate surface area is 129 Å². The number of aryl methyl sites for hydroxylation is 1. The molecular weight excluding hydrogens is 370 g/mol. The maximum absolute atomic E-state index is 12.3. The molecule has 0 aliphatic heterocycles. The Kier molecular flexibility index (Phi) is 4.42. The van der Waals surface area contributed by atoms with Crippen LogP contribution in [0.4, 0.5) is 5.69 Å². The molecule has 0 aliphatic rings. The van der Waals surface area contributed by atoms with Gasteiger partial charge in [-0.1, -0.05) is 28.1 Å². The van der Waals surface area contributed by atoms with Crippen LogP contribution >= 0.6 is 31.9 Å². The molecule has 0 bridgehead atoms. The fourth-order valence-corrected chi connectivity index (χ4v) is 2.92. The molecular formula is C15H13Br2NO. The molecule has 0 spiro atoms. The zero-order valence-electron chi connectivity index (χ0n) is 10.6. The van der Waals surface area contributed by atoms with E-state index in [1.54, 1.807) is 0 Å². The molecule has 0 aliphatic carbocycles. The van der Waals surface area contributed by atoms with E-state index in [1.165, 1.54) is 0 Å². The van der Waals surface area contributed by atoms with Crippen molar-refractivity contribution < 1.29 is 4.79 Å². The summed E-state index contributed by atoms with van der Waals surface area (Å²) in [6.45, 7) is 3.96. The highest BCUT2D eigenvalue weighted by molar-refractivity contribution is 9.11. The summed E-state index contributed by atoms with van der Waals surface area (Å²) in [5.41, 5.74) is 3.58. The van der Waals surface area contributed by atoms with E-state index >= 15 is 0 Å². The van der Waals surface area contributed by atoms with Crippen molar-refractivity contribution in [3.63, 3.8) is 0 Å². The first kappa shape index (κ1) is 14.3. The Morgan fingerprint density at radius 3 is 2.53 bits per heavy atom. The number of rotatable bonds is 2. The predicted molar refractivity (Wildman–Crippen MR) is 85.7 cm³/mol. The van der Waals surface area contributed by atoms with Gasteiger partial charge in [0.2, 0.25) is 0 Å². The normalized spacial score (nSPS) is 10.3. The van der Waals surface area contributed by atoms with Crippen molar-refractivity contribution in [3.05, 3.63) is 62.0 Å². The molecule has 0 atom stereocenters. The highest BCUT2D eigenvalue weighted by Gasteiger charge is 2.11. The van der Waals surface area contributed by atoms with Crippen molar-refractivity contribution in [2.45, 2.75) is 13.8 Å². The van der Waals surface area contributed by atoms with E-state index in [1.807, 2.05) is 50.2 Å². The van der Waals surface area contributed by atoms with Crippen LogP contribution in [0.1, 0.15) is 21.5 Å². The van der Waals surface area contributed by atoms with E-state index in [0.29, 0.717) is 5.56 Å². The Balaban J connectivity index is 2.28. The highest BCUT2D eigenvalue weighted by Crippen LogP contribution is 2.27.